The van der Waals surface area contributed by atoms with E-state index in [0.29, 0.717) is 24.3 Å². The Morgan fingerprint density at radius 1 is 1.40 bits per heavy atom. The SMILES string of the molecule is O=C(O)C(O)CC1CNC2CCCCC12. The molecule has 0 bridgehead atoms. The van der Waals surface area contributed by atoms with Gasteiger partial charge in [-0.1, -0.05) is 12.8 Å². The number of carboxylic acid groups (broad SMARTS) is 1. The molecule has 0 amide bonds. The van der Waals surface area contributed by atoms with Gasteiger partial charge >= 0.3 is 5.97 Å². The molecule has 86 valence electrons. The van der Waals surface area contributed by atoms with E-state index in [1.165, 1.54) is 25.7 Å². The van der Waals surface area contributed by atoms with Crippen LogP contribution in [0.3, 0.4) is 0 Å². The highest BCUT2D eigenvalue weighted by Crippen LogP contribution is 2.36. The molecule has 4 nitrogen and oxygen atoms in total. The summed E-state index contributed by atoms with van der Waals surface area (Å²) < 4.78 is 0. The Kier molecular flexibility index (Phi) is 3.26. The van der Waals surface area contributed by atoms with Crippen molar-refractivity contribution in [3.8, 4) is 0 Å². The van der Waals surface area contributed by atoms with E-state index < -0.39 is 12.1 Å². The molecule has 2 aliphatic rings. The Balaban J connectivity index is 1.90. The molecule has 4 unspecified atom stereocenters. The van der Waals surface area contributed by atoms with Crippen LogP contribution in [0.5, 0.6) is 0 Å². The van der Waals surface area contributed by atoms with Crippen molar-refractivity contribution in [2.24, 2.45) is 11.8 Å². The molecule has 4 atom stereocenters. The minimum atomic E-state index is -1.18. The van der Waals surface area contributed by atoms with Crippen LogP contribution in [0.4, 0.5) is 0 Å². The molecule has 0 aromatic carbocycles. The van der Waals surface area contributed by atoms with Crippen LogP contribution >= 0.6 is 0 Å². The molecule has 3 N–H and O–H groups in total. The summed E-state index contributed by atoms with van der Waals surface area (Å²) in [5.74, 6) is -0.150. The summed E-state index contributed by atoms with van der Waals surface area (Å²) in [6.45, 7) is 0.875. The first-order valence-electron chi connectivity index (χ1n) is 5.82. The number of aliphatic hydroxyl groups excluding tert-OH is 1. The Labute approximate surface area is 89.7 Å². The van der Waals surface area contributed by atoms with Crippen molar-refractivity contribution in [1.82, 2.24) is 5.32 Å². The molecule has 1 aliphatic heterocycles. The molecule has 15 heavy (non-hydrogen) atoms. The van der Waals surface area contributed by atoms with Crippen molar-refractivity contribution in [3.05, 3.63) is 0 Å². The van der Waals surface area contributed by atoms with Crippen LogP contribution in [0.1, 0.15) is 32.1 Å². The molecule has 4 heteroatoms. The monoisotopic (exact) mass is 213 g/mol. The average molecular weight is 213 g/mol. The molecule has 1 saturated carbocycles. The minimum Gasteiger partial charge on any atom is -0.479 e. The highest BCUT2D eigenvalue weighted by molar-refractivity contribution is 5.71. The van der Waals surface area contributed by atoms with Crippen LogP contribution in [0.2, 0.25) is 0 Å². The van der Waals surface area contributed by atoms with Crippen molar-refractivity contribution < 1.29 is 15.0 Å². The molecule has 0 aromatic rings. The van der Waals surface area contributed by atoms with Gasteiger partial charge in [-0.15, -0.1) is 0 Å². The molecular weight excluding hydrogens is 194 g/mol. The van der Waals surface area contributed by atoms with Crippen molar-refractivity contribution in [2.45, 2.75) is 44.2 Å². The highest BCUT2D eigenvalue weighted by Gasteiger charge is 2.38. The van der Waals surface area contributed by atoms with Gasteiger partial charge in [0.1, 0.15) is 0 Å². The van der Waals surface area contributed by atoms with E-state index in [-0.39, 0.29) is 0 Å². The molecule has 1 aliphatic carbocycles. The fraction of sp³-hybridized carbons (Fsp3) is 0.909. The first kappa shape index (κ1) is 10.9. The van der Waals surface area contributed by atoms with Crippen LogP contribution in [0.15, 0.2) is 0 Å². The van der Waals surface area contributed by atoms with Crippen LogP contribution in [0.25, 0.3) is 0 Å². The van der Waals surface area contributed by atoms with E-state index in [2.05, 4.69) is 5.32 Å². The largest absolute Gasteiger partial charge is 0.479 e. The van der Waals surface area contributed by atoms with Crippen molar-refractivity contribution >= 4 is 5.97 Å². The Bertz CT molecular complexity index is 244. The van der Waals surface area contributed by atoms with Crippen molar-refractivity contribution in [3.63, 3.8) is 0 Å². The van der Waals surface area contributed by atoms with Crippen molar-refractivity contribution in [2.75, 3.05) is 6.54 Å². The third kappa shape index (κ3) is 2.32. The Hall–Kier alpha value is -0.610. The normalized spacial score (nSPS) is 37.3. The zero-order valence-corrected chi connectivity index (χ0v) is 8.85. The van der Waals surface area contributed by atoms with Gasteiger partial charge in [-0.25, -0.2) is 4.79 Å². The lowest BCUT2D eigenvalue weighted by Gasteiger charge is -2.28. The molecular formula is C11H19NO3. The Morgan fingerprint density at radius 2 is 2.13 bits per heavy atom. The summed E-state index contributed by atoms with van der Waals surface area (Å²) in [5, 5.41) is 21.5. The summed E-state index contributed by atoms with van der Waals surface area (Å²) in [7, 11) is 0. The van der Waals surface area contributed by atoms with Gasteiger partial charge in [-0.05, 0) is 37.6 Å². The van der Waals surface area contributed by atoms with E-state index >= 15 is 0 Å². The second-order valence-electron chi connectivity index (χ2n) is 4.81. The number of carboxylic acids is 1. The minimum absolute atomic E-state index is 0.349. The molecule has 2 rings (SSSR count). The summed E-state index contributed by atoms with van der Waals surface area (Å²) in [6.07, 6.45) is 4.16. The average Bonchev–Trinajstić information content (AvgIpc) is 2.62. The molecule has 1 heterocycles. The number of aliphatic hydroxyl groups is 1. The molecule has 0 spiro atoms. The number of carbonyl (C=O) groups is 1. The number of aliphatic carboxylic acids is 1. The van der Waals surface area contributed by atoms with Gasteiger partial charge < -0.3 is 15.5 Å². The second-order valence-corrected chi connectivity index (χ2v) is 4.81. The summed E-state index contributed by atoms with van der Waals surface area (Å²) >= 11 is 0. The van der Waals surface area contributed by atoms with Gasteiger partial charge in [0.05, 0.1) is 0 Å². The topological polar surface area (TPSA) is 69.6 Å². The first-order chi connectivity index (χ1) is 7.18. The lowest BCUT2D eigenvalue weighted by Crippen LogP contribution is -2.31. The van der Waals surface area contributed by atoms with Crippen LogP contribution in [-0.4, -0.2) is 34.9 Å². The Morgan fingerprint density at radius 3 is 2.87 bits per heavy atom. The van der Waals surface area contributed by atoms with Gasteiger partial charge in [-0.2, -0.15) is 0 Å². The summed E-state index contributed by atoms with van der Waals surface area (Å²) in [6, 6.07) is 0.574. The predicted molar refractivity (Wildman–Crippen MR) is 55.5 cm³/mol. The van der Waals surface area contributed by atoms with Gasteiger partial charge in [0.25, 0.3) is 0 Å². The molecule has 1 saturated heterocycles. The highest BCUT2D eigenvalue weighted by atomic mass is 16.4. The van der Waals surface area contributed by atoms with Gasteiger partial charge in [0, 0.05) is 6.04 Å². The zero-order valence-electron chi connectivity index (χ0n) is 8.85. The summed E-state index contributed by atoms with van der Waals surface area (Å²) in [5.41, 5.74) is 0. The lowest BCUT2D eigenvalue weighted by molar-refractivity contribution is -0.147. The number of nitrogens with one attached hydrogen (secondary N) is 1. The third-order valence-corrected chi connectivity index (χ3v) is 3.88. The van der Waals surface area contributed by atoms with Gasteiger partial charge in [0.15, 0.2) is 6.10 Å². The quantitative estimate of drug-likeness (QED) is 0.642. The maximum atomic E-state index is 10.6. The van der Waals surface area contributed by atoms with Crippen LogP contribution in [-0.2, 0) is 4.79 Å². The van der Waals surface area contributed by atoms with Gasteiger partial charge in [0.2, 0.25) is 0 Å². The van der Waals surface area contributed by atoms with Gasteiger partial charge in [-0.3, -0.25) is 0 Å². The molecule has 0 radical (unpaired) electrons. The molecule has 0 aromatic heterocycles. The van der Waals surface area contributed by atoms with E-state index in [1.807, 2.05) is 0 Å². The molecule has 2 fully saturated rings. The maximum absolute atomic E-state index is 10.6. The van der Waals surface area contributed by atoms with E-state index in [1.54, 1.807) is 0 Å². The number of hydrogen-bond acceptors (Lipinski definition) is 3. The smallest absolute Gasteiger partial charge is 0.332 e. The fourth-order valence-electron chi connectivity index (χ4n) is 3.08. The summed E-state index contributed by atoms with van der Waals surface area (Å²) in [4.78, 5) is 10.6. The number of fused-ring (bicyclic) bond motifs is 1. The van der Waals surface area contributed by atoms with E-state index in [9.17, 15) is 9.90 Å². The number of hydrogen-bond donors (Lipinski definition) is 3. The second kappa shape index (κ2) is 4.49. The maximum Gasteiger partial charge on any atom is 0.332 e. The first-order valence-corrected chi connectivity index (χ1v) is 5.82. The third-order valence-electron chi connectivity index (χ3n) is 3.88. The van der Waals surface area contributed by atoms with E-state index in [0.717, 1.165) is 6.54 Å². The van der Waals surface area contributed by atoms with Crippen molar-refractivity contribution in [1.29, 1.82) is 0 Å². The number of rotatable bonds is 3. The standard InChI is InChI=1S/C11H19NO3/c13-10(11(14)15)5-7-6-12-9-4-2-1-3-8(7)9/h7-10,12-13H,1-6H2,(H,14,15). The lowest BCUT2D eigenvalue weighted by atomic mass is 9.78. The fourth-order valence-corrected chi connectivity index (χ4v) is 3.08. The van der Waals surface area contributed by atoms with E-state index in [4.69, 9.17) is 5.11 Å². The predicted octanol–water partition coefficient (Wildman–Crippen LogP) is 0.600. The van der Waals surface area contributed by atoms with Crippen LogP contribution < -0.4 is 5.32 Å². The zero-order chi connectivity index (χ0) is 10.8. The van der Waals surface area contributed by atoms with Crippen LogP contribution in [0, 0.1) is 11.8 Å².